The van der Waals surface area contributed by atoms with E-state index in [1.54, 1.807) is 0 Å². The van der Waals surface area contributed by atoms with Crippen molar-refractivity contribution in [2.24, 2.45) is 5.73 Å². The Bertz CT molecular complexity index is 495. The molecular weight excluding hydrogens is 278 g/mol. The predicted octanol–water partition coefficient (Wildman–Crippen LogP) is 0.968. The van der Waals surface area contributed by atoms with Gasteiger partial charge in [-0.3, -0.25) is 9.69 Å². The van der Waals surface area contributed by atoms with Crippen LogP contribution in [0.15, 0.2) is 24.3 Å². The zero-order chi connectivity index (χ0) is 15.4. The van der Waals surface area contributed by atoms with Crippen LogP contribution in [0, 0.1) is 0 Å². The Morgan fingerprint density at radius 3 is 2.68 bits per heavy atom. The highest BCUT2D eigenvalue weighted by Gasteiger charge is 2.23. The second-order valence-corrected chi connectivity index (χ2v) is 6.15. The van der Waals surface area contributed by atoms with Crippen LogP contribution in [-0.2, 0) is 22.6 Å². The molecule has 2 N–H and O–H groups in total. The van der Waals surface area contributed by atoms with Gasteiger partial charge in [-0.2, -0.15) is 0 Å². The molecule has 120 valence electrons. The van der Waals surface area contributed by atoms with E-state index >= 15 is 0 Å². The molecule has 1 aromatic carbocycles. The summed E-state index contributed by atoms with van der Waals surface area (Å²) in [4.78, 5) is 16.6. The molecule has 2 heterocycles. The second kappa shape index (κ2) is 7.22. The minimum atomic E-state index is 0.00535. The van der Waals surface area contributed by atoms with E-state index in [9.17, 15) is 4.79 Å². The van der Waals surface area contributed by atoms with Gasteiger partial charge in [-0.1, -0.05) is 24.3 Å². The Balaban J connectivity index is 1.39. The van der Waals surface area contributed by atoms with Crippen molar-refractivity contribution in [1.29, 1.82) is 0 Å². The number of carbonyl (C=O) groups is 1. The summed E-state index contributed by atoms with van der Waals surface area (Å²) in [6.45, 7) is 5.43. The van der Waals surface area contributed by atoms with Gasteiger partial charge in [0, 0.05) is 39.1 Å². The molecule has 0 aliphatic carbocycles. The molecule has 1 amide bonds. The molecule has 1 atom stereocenters. The molecular formula is C17H25N3O2. The van der Waals surface area contributed by atoms with Gasteiger partial charge in [0.15, 0.2) is 0 Å². The largest absolute Gasteiger partial charge is 0.373 e. The fourth-order valence-electron chi connectivity index (χ4n) is 3.26. The lowest BCUT2D eigenvalue weighted by molar-refractivity contribution is -0.138. The Labute approximate surface area is 132 Å². The fraction of sp³-hybridized carbons (Fsp3) is 0.588. The van der Waals surface area contributed by atoms with E-state index in [0.29, 0.717) is 32.7 Å². The maximum absolute atomic E-state index is 12.3. The summed E-state index contributed by atoms with van der Waals surface area (Å²) < 4.78 is 5.50. The van der Waals surface area contributed by atoms with Crippen LogP contribution in [0.1, 0.15) is 24.0 Å². The highest BCUT2D eigenvalue weighted by Crippen LogP contribution is 2.22. The minimum Gasteiger partial charge on any atom is -0.373 e. The summed E-state index contributed by atoms with van der Waals surface area (Å²) in [5, 5.41) is 0. The molecule has 3 rings (SSSR count). The SMILES string of the molecule is NC[C@H]1CN(C(=O)CCCN2Cc3ccccc3C2)CCO1. The van der Waals surface area contributed by atoms with Gasteiger partial charge in [0.2, 0.25) is 5.91 Å². The number of fused-ring (bicyclic) bond motifs is 1. The lowest BCUT2D eigenvalue weighted by atomic mass is 10.1. The summed E-state index contributed by atoms with van der Waals surface area (Å²) in [5.41, 5.74) is 8.47. The Morgan fingerprint density at radius 1 is 1.27 bits per heavy atom. The van der Waals surface area contributed by atoms with Gasteiger partial charge in [0.05, 0.1) is 12.7 Å². The van der Waals surface area contributed by atoms with E-state index < -0.39 is 0 Å². The smallest absolute Gasteiger partial charge is 0.222 e. The molecule has 0 unspecified atom stereocenters. The highest BCUT2D eigenvalue weighted by atomic mass is 16.5. The number of morpholine rings is 1. The van der Waals surface area contributed by atoms with Crippen molar-refractivity contribution in [3.63, 3.8) is 0 Å². The van der Waals surface area contributed by atoms with Gasteiger partial charge < -0.3 is 15.4 Å². The summed E-state index contributed by atoms with van der Waals surface area (Å²) >= 11 is 0. The van der Waals surface area contributed by atoms with Crippen LogP contribution >= 0.6 is 0 Å². The number of benzene rings is 1. The molecule has 22 heavy (non-hydrogen) atoms. The zero-order valence-electron chi connectivity index (χ0n) is 13.0. The van der Waals surface area contributed by atoms with Gasteiger partial charge in [0.1, 0.15) is 0 Å². The van der Waals surface area contributed by atoms with Gasteiger partial charge in [0.25, 0.3) is 0 Å². The maximum atomic E-state index is 12.3. The van der Waals surface area contributed by atoms with Gasteiger partial charge in [-0.25, -0.2) is 0 Å². The first kappa shape index (κ1) is 15.5. The first-order chi connectivity index (χ1) is 10.8. The average Bonchev–Trinajstić information content (AvgIpc) is 2.97. The Morgan fingerprint density at radius 2 is 2.00 bits per heavy atom. The summed E-state index contributed by atoms with van der Waals surface area (Å²) in [5.74, 6) is 0.235. The van der Waals surface area contributed by atoms with E-state index in [1.165, 1.54) is 11.1 Å². The predicted molar refractivity (Wildman–Crippen MR) is 85.2 cm³/mol. The molecule has 1 fully saturated rings. The standard InChI is InChI=1S/C17H25N3O2/c18-10-16-13-20(8-9-22-16)17(21)6-3-7-19-11-14-4-1-2-5-15(14)12-19/h1-2,4-5,16H,3,6-13,18H2/t16-/m0/s1. The van der Waals surface area contributed by atoms with Crippen molar-refractivity contribution in [3.05, 3.63) is 35.4 Å². The summed E-state index contributed by atoms with van der Waals surface area (Å²) in [6, 6.07) is 8.58. The molecule has 0 aromatic heterocycles. The second-order valence-electron chi connectivity index (χ2n) is 6.15. The fourth-order valence-corrected chi connectivity index (χ4v) is 3.26. The number of amides is 1. The Hall–Kier alpha value is -1.43. The number of nitrogens with zero attached hydrogens (tertiary/aromatic N) is 2. The molecule has 5 heteroatoms. The number of carbonyl (C=O) groups excluding carboxylic acids is 1. The van der Waals surface area contributed by atoms with Crippen molar-refractivity contribution < 1.29 is 9.53 Å². The summed E-state index contributed by atoms with van der Waals surface area (Å²) in [6.07, 6.45) is 1.53. The number of hydrogen-bond donors (Lipinski definition) is 1. The monoisotopic (exact) mass is 303 g/mol. The highest BCUT2D eigenvalue weighted by molar-refractivity contribution is 5.76. The molecule has 2 aliphatic heterocycles. The van der Waals surface area contributed by atoms with E-state index in [4.69, 9.17) is 10.5 Å². The first-order valence-electron chi connectivity index (χ1n) is 8.15. The average molecular weight is 303 g/mol. The lowest BCUT2D eigenvalue weighted by Crippen LogP contribution is -2.48. The molecule has 2 aliphatic rings. The minimum absolute atomic E-state index is 0.00535. The van der Waals surface area contributed by atoms with Crippen LogP contribution < -0.4 is 5.73 Å². The van der Waals surface area contributed by atoms with Crippen LogP contribution in [0.4, 0.5) is 0 Å². The quantitative estimate of drug-likeness (QED) is 0.880. The van der Waals surface area contributed by atoms with E-state index in [0.717, 1.165) is 26.1 Å². The zero-order valence-corrected chi connectivity index (χ0v) is 13.0. The van der Waals surface area contributed by atoms with Crippen LogP contribution in [-0.4, -0.2) is 54.6 Å². The number of hydrogen-bond acceptors (Lipinski definition) is 4. The molecule has 0 radical (unpaired) electrons. The molecule has 0 bridgehead atoms. The maximum Gasteiger partial charge on any atom is 0.222 e. The van der Waals surface area contributed by atoms with Crippen LogP contribution in [0.2, 0.25) is 0 Å². The number of rotatable bonds is 5. The van der Waals surface area contributed by atoms with Crippen LogP contribution in [0.25, 0.3) is 0 Å². The number of nitrogens with two attached hydrogens (primary N) is 1. The van der Waals surface area contributed by atoms with Gasteiger partial charge in [-0.05, 0) is 24.1 Å². The third-order valence-electron chi connectivity index (χ3n) is 4.53. The molecule has 1 saturated heterocycles. The first-order valence-corrected chi connectivity index (χ1v) is 8.15. The molecule has 0 spiro atoms. The van der Waals surface area contributed by atoms with E-state index in [1.807, 2.05) is 4.90 Å². The van der Waals surface area contributed by atoms with Crippen LogP contribution in [0.5, 0.6) is 0 Å². The lowest BCUT2D eigenvalue weighted by Gasteiger charge is -2.32. The van der Waals surface area contributed by atoms with Crippen molar-refractivity contribution in [2.45, 2.75) is 32.0 Å². The van der Waals surface area contributed by atoms with Gasteiger partial charge in [-0.15, -0.1) is 0 Å². The van der Waals surface area contributed by atoms with E-state index in [-0.39, 0.29) is 12.0 Å². The third kappa shape index (κ3) is 3.66. The molecule has 1 aromatic rings. The van der Waals surface area contributed by atoms with Crippen molar-refractivity contribution >= 4 is 5.91 Å². The summed E-state index contributed by atoms with van der Waals surface area (Å²) in [7, 11) is 0. The third-order valence-corrected chi connectivity index (χ3v) is 4.53. The van der Waals surface area contributed by atoms with Crippen molar-refractivity contribution in [3.8, 4) is 0 Å². The van der Waals surface area contributed by atoms with Crippen LogP contribution in [0.3, 0.4) is 0 Å². The van der Waals surface area contributed by atoms with E-state index in [2.05, 4.69) is 29.2 Å². The topological polar surface area (TPSA) is 58.8 Å². The Kier molecular flexibility index (Phi) is 5.08. The normalized spacial score (nSPS) is 21.9. The van der Waals surface area contributed by atoms with Crippen molar-refractivity contribution in [1.82, 2.24) is 9.80 Å². The molecule has 5 nitrogen and oxygen atoms in total. The number of ether oxygens (including phenoxy) is 1. The van der Waals surface area contributed by atoms with Gasteiger partial charge >= 0.3 is 0 Å². The molecule has 0 saturated carbocycles. The van der Waals surface area contributed by atoms with Crippen molar-refractivity contribution in [2.75, 3.05) is 32.8 Å².